The van der Waals surface area contributed by atoms with Gasteiger partial charge in [0, 0.05) is 38.1 Å². The van der Waals surface area contributed by atoms with Crippen molar-refractivity contribution in [2.45, 2.75) is 97.3 Å². The lowest BCUT2D eigenvalue weighted by atomic mass is 9.60. The molecular weight excluding hydrogens is 458 g/mol. The number of hydrogen-bond acceptors (Lipinski definition) is 3. The van der Waals surface area contributed by atoms with Crippen molar-refractivity contribution >= 4 is 6.03 Å². The topological polar surface area (TPSA) is 55.8 Å². The third kappa shape index (κ3) is 6.46. The predicted molar refractivity (Wildman–Crippen MR) is 153 cm³/mol. The molecule has 4 aliphatic rings. The number of likely N-dealkylation sites (tertiary alicyclic amines) is 1. The number of aromatic hydroxyl groups is 1. The molecule has 5 rings (SSSR count). The number of amides is 2. The van der Waals surface area contributed by atoms with Crippen LogP contribution in [0.1, 0.15) is 96.6 Å². The summed E-state index contributed by atoms with van der Waals surface area (Å²) in [7, 11) is 2.32. The quantitative estimate of drug-likeness (QED) is 0.453. The van der Waals surface area contributed by atoms with Crippen molar-refractivity contribution in [1.29, 1.82) is 0 Å². The Bertz CT molecular complexity index is 903. The highest BCUT2D eigenvalue weighted by Gasteiger charge is 2.59. The maximum atomic E-state index is 11.5. The SMILES string of the molecule is CCCNC(=O)N1CCCCCC1.C[C@H]1CC(C)(C)C2(C1)c1cc(O)ccc1CC2CN(C)CC1CC1. The first-order chi connectivity index (χ1) is 17.7. The van der Waals surface area contributed by atoms with Gasteiger partial charge in [-0.3, -0.25) is 0 Å². The van der Waals surface area contributed by atoms with Gasteiger partial charge in [0.2, 0.25) is 0 Å². The lowest BCUT2D eigenvalue weighted by Crippen LogP contribution is -2.46. The maximum absolute atomic E-state index is 11.5. The van der Waals surface area contributed by atoms with E-state index in [1.807, 2.05) is 11.0 Å². The van der Waals surface area contributed by atoms with Crippen LogP contribution >= 0.6 is 0 Å². The van der Waals surface area contributed by atoms with Crippen molar-refractivity contribution in [1.82, 2.24) is 15.1 Å². The monoisotopic (exact) mass is 511 g/mol. The van der Waals surface area contributed by atoms with Crippen molar-refractivity contribution in [3.63, 3.8) is 0 Å². The largest absolute Gasteiger partial charge is 0.508 e. The summed E-state index contributed by atoms with van der Waals surface area (Å²) in [4.78, 5) is 16.1. The molecule has 2 saturated carbocycles. The summed E-state index contributed by atoms with van der Waals surface area (Å²) in [5.74, 6) is 2.84. The van der Waals surface area contributed by atoms with E-state index >= 15 is 0 Å². The number of nitrogens with one attached hydrogen (secondary N) is 1. The molecule has 1 saturated heterocycles. The van der Waals surface area contributed by atoms with Crippen LogP contribution in [-0.4, -0.2) is 60.7 Å². The molecule has 0 aromatic heterocycles. The first-order valence-electron chi connectivity index (χ1n) is 15.2. The van der Waals surface area contributed by atoms with Crippen LogP contribution in [0.15, 0.2) is 18.2 Å². The Balaban J connectivity index is 0.000000209. The fourth-order valence-corrected chi connectivity index (χ4v) is 7.99. The Hall–Kier alpha value is -1.75. The Morgan fingerprint density at radius 1 is 1.11 bits per heavy atom. The molecule has 0 radical (unpaired) electrons. The minimum absolute atomic E-state index is 0.128. The Morgan fingerprint density at radius 2 is 1.81 bits per heavy atom. The Morgan fingerprint density at radius 3 is 2.41 bits per heavy atom. The second-order valence-electron chi connectivity index (χ2n) is 13.4. The number of benzene rings is 1. The number of hydrogen-bond donors (Lipinski definition) is 2. The summed E-state index contributed by atoms with van der Waals surface area (Å²) in [6.07, 6.45) is 12.5. The summed E-state index contributed by atoms with van der Waals surface area (Å²) >= 11 is 0. The second kappa shape index (κ2) is 12.0. The van der Waals surface area contributed by atoms with Gasteiger partial charge < -0.3 is 20.2 Å². The van der Waals surface area contributed by atoms with E-state index in [1.165, 1.54) is 82.0 Å². The van der Waals surface area contributed by atoms with Crippen molar-refractivity contribution in [3.05, 3.63) is 29.3 Å². The van der Waals surface area contributed by atoms with Gasteiger partial charge in [-0.25, -0.2) is 4.79 Å². The minimum Gasteiger partial charge on any atom is -0.508 e. The highest BCUT2D eigenvalue weighted by Crippen LogP contribution is 2.64. The molecule has 3 atom stereocenters. The van der Waals surface area contributed by atoms with Crippen LogP contribution in [0.3, 0.4) is 0 Å². The fraction of sp³-hybridized carbons (Fsp3) is 0.781. The van der Waals surface area contributed by atoms with Crippen LogP contribution in [0.25, 0.3) is 0 Å². The molecule has 2 unspecified atom stereocenters. The average molecular weight is 512 g/mol. The van der Waals surface area contributed by atoms with Gasteiger partial charge >= 0.3 is 6.03 Å². The molecule has 0 bridgehead atoms. The van der Waals surface area contributed by atoms with E-state index in [4.69, 9.17) is 0 Å². The summed E-state index contributed by atoms with van der Waals surface area (Å²) in [5.41, 5.74) is 3.48. The molecule has 3 fully saturated rings. The Kier molecular flexibility index (Phi) is 9.14. The molecule has 208 valence electrons. The summed E-state index contributed by atoms with van der Waals surface area (Å²) in [6.45, 7) is 14.6. The van der Waals surface area contributed by atoms with Crippen molar-refractivity contribution in [3.8, 4) is 5.75 Å². The van der Waals surface area contributed by atoms with E-state index in [-0.39, 0.29) is 11.4 Å². The van der Waals surface area contributed by atoms with Crippen LogP contribution in [0, 0.1) is 23.2 Å². The van der Waals surface area contributed by atoms with E-state index < -0.39 is 0 Å². The third-order valence-corrected chi connectivity index (χ3v) is 9.69. The van der Waals surface area contributed by atoms with E-state index in [0.29, 0.717) is 17.1 Å². The number of rotatable bonds is 6. The highest BCUT2D eigenvalue weighted by molar-refractivity contribution is 5.74. The summed E-state index contributed by atoms with van der Waals surface area (Å²) in [6, 6.07) is 6.29. The molecule has 37 heavy (non-hydrogen) atoms. The number of carbonyl (C=O) groups is 1. The second-order valence-corrected chi connectivity index (χ2v) is 13.4. The van der Waals surface area contributed by atoms with Gasteiger partial charge in [0.15, 0.2) is 0 Å². The lowest BCUT2D eigenvalue weighted by Gasteiger charge is -2.45. The van der Waals surface area contributed by atoms with Gasteiger partial charge in [0.25, 0.3) is 0 Å². The van der Waals surface area contributed by atoms with Gasteiger partial charge in [-0.05, 0) is 105 Å². The molecule has 2 N–H and O–H groups in total. The standard InChI is InChI=1S/C22H33NO.C10H20N2O/c1-15-11-21(2,3)22(12-15)18(14-23(4)13-16-5-6-16)9-17-7-8-19(24)10-20(17)22;1-2-7-11-10(13)12-8-5-3-4-6-9-12/h7-8,10,15-16,18,24H,5-6,9,11-14H2,1-4H3;2-9H2,1H3,(H,11,13)/t15-,18?,22?;/m0./s1. The van der Waals surface area contributed by atoms with Crippen LogP contribution in [0.2, 0.25) is 0 Å². The van der Waals surface area contributed by atoms with Gasteiger partial charge in [0.1, 0.15) is 5.75 Å². The molecule has 1 aromatic carbocycles. The van der Waals surface area contributed by atoms with Crippen LogP contribution in [-0.2, 0) is 11.8 Å². The summed E-state index contributed by atoms with van der Waals surface area (Å²) < 4.78 is 0. The molecule has 1 aromatic rings. The zero-order chi connectivity index (χ0) is 26.6. The first-order valence-corrected chi connectivity index (χ1v) is 15.2. The summed E-state index contributed by atoms with van der Waals surface area (Å²) in [5, 5.41) is 13.1. The first kappa shape index (κ1) is 28.3. The zero-order valence-electron chi connectivity index (χ0n) is 24.3. The molecule has 1 spiro atoms. The van der Waals surface area contributed by atoms with Crippen LogP contribution in [0.4, 0.5) is 4.79 Å². The number of phenols is 1. The highest BCUT2D eigenvalue weighted by atomic mass is 16.3. The molecule has 1 heterocycles. The average Bonchev–Trinajstić information content (AvgIpc) is 3.60. The molecular formula is C32H53N3O2. The van der Waals surface area contributed by atoms with Crippen molar-refractivity contribution in [2.75, 3.05) is 39.8 Å². The number of fused-ring (bicyclic) bond motifs is 2. The molecule has 3 aliphatic carbocycles. The third-order valence-electron chi connectivity index (χ3n) is 9.69. The maximum Gasteiger partial charge on any atom is 0.317 e. The van der Waals surface area contributed by atoms with E-state index in [2.05, 4.69) is 57.1 Å². The van der Waals surface area contributed by atoms with Gasteiger partial charge in [-0.15, -0.1) is 0 Å². The van der Waals surface area contributed by atoms with E-state index in [9.17, 15) is 9.90 Å². The smallest absolute Gasteiger partial charge is 0.317 e. The van der Waals surface area contributed by atoms with E-state index in [1.54, 1.807) is 0 Å². The number of urea groups is 1. The molecule has 5 heteroatoms. The van der Waals surface area contributed by atoms with Crippen molar-refractivity contribution in [2.24, 2.45) is 23.2 Å². The number of nitrogens with zero attached hydrogens (tertiary/aromatic N) is 2. The van der Waals surface area contributed by atoms with Crippen LogP contribution < -0.4 is 5.32 Å². The minimum atomic E-state index is 0.128. The zero-order valence-corrected chi connectivity index (χ0v) is 24.3. The van der Waals surface area contributed by atoms with E-state index in [0.717, 1.165) is 37.9 Å². The molecule has 5 nitrogen and oxygen atoms in total. The number of phenolic OH excluding ortho intramolecular Hbond substituents is 1. The predicted octanol–water partition coefficient (Wildman–Crippen LogP) is 6.58. The number of carbonyl (C=O) groups excluding carboxylic acids is 1. The normalized spacial score (nSPS) is 28.5. The van der Waals surface area contributed by atoms with Crippen molar-refractivity contribution < 1.29 is 9.90 Å². The Labute approximate surface area is 226 Å². The van der Waals surface area contributed by atoms with Crippen LogP contribution in [0.5, 0.6) is 5.75 Å². The fourth-order valence-electron chi connectivity index (χ4n) is 7.99. The van der Waals surface area contributed by atoms with Gasteiger partial charge in [-0.1, -0.05) is 46.6 Å². The van der Waals surface area contributed by atoms with Gasteiger partial charge in [-0.2, -0.15) is 0 Å². The molecule has 2 amide bonds. The van der Waals surface area contributed by atoms with Gasteiger partial charge in [0.05, 0.1) is 0 Å². The molecule has 1 aliphatic heterocycles. The lowest BCUT2D eigenvalue weighted by molar-refractivity contribution is 0.107.